The van der Waals surface area contributed by atoms with Crippen molar-refractivity contribution in [1.29, 1.82) is 0 Å². The number of nitrogens with zero attached hydrogens (tertiary/aromatic N) is 2. The fourth-order valence-electron chi connectivity index (χ4n) is 12.6. The van der Waals surface area contributed by atoms with Gasteiger partial charge in [0.1, 0.15) is 0 Å². The maximum atomic E-state index is 2.64. The smallest absolute Gasteiger partial charge is 0.0776 e. The van der Waals surface area contributed by atoms with E-state index in [1.165, 1.54) is 109 Å². The zero-order valence-corrected chi connectivity index (χ0v) is 59.1. The molecule has 0 unspecified atom stereocenters. The molecular formula is C82H100N2Si2. The molecule has 0 saturated carbocycles. The molecule has 0 spiro atoms. The lowest BCUT2D eigenvalue weighted by Gasteiger charge is -2.33. The first-order valence-electron chi connectivity index (χ1n) is 31.8. The van der Waals surface area contributed by atoms with Gasteiger partial charge in [0.2, 0.25) is 0 Å². The summed E-state index contributed by atoms with van der Waals surface area (Å²) in [5.41, 5.74) is 17.3. The van der Waals surface area contributed by atoms with E-state index in [4.69, 9.17) is 0 Å². The van der Waals surface area contributed by atoms with E-state index in [1.54, 1.807) is 0 Å². The van der Waals surface area contributed by atoms with E-state index < -0.39 is 16.1 Å². The Morgan fingerprint density at radius 1 is 0.221 bits per heavy atom. The second-order valence-electron chi connectivity index (χ2n) is 33.3. The Hall–Kier alpha value is -6.73. The Morgan fingerprint density at radius 3 is 0.733 bits per heavy atom. The predicted octanol–water partition coefficient (Wildman–Crippen LogP) is 23.8. The van der Waals surface area contributed by atoms with Crippen LogP contribution in [0, 0.1) is 0 Å². The van der Waals surface area contributed by atoms with Gasteiger partial charge >= 0.3 is 0 Å². The fourth-order valence-corrected chi connectivity index (χ4v) is 14.9. The molecule has 446 valence electrons. The normalized spacial score (nSPS) is 13.3. The lowest BCUT2D eigenvalue weighted by Crippen LogP contribution is -2.37. The summed E-state index contributed by atoms with van der Waals surface area (Å²) in [6.07, 6.45) is 0. The zero-order chi connectivity index (χ0) is 62.8. The third-order valence-corrected chi connectivity index (χ3v) is 22.4. The molecule has 2 nitrogen and oxygen atoms in total. The molecule has 10 rings (SSSR count). The third kappa shape index (κ3) is 12.0. The van der Waals surface area contributed by atoms with Gasteiger partial charge in [-0.3, -0.25) is 0 Å². The average Bonchev–Trinajstić information content (AvgIpc) is 0.710. The van der Waals surface area contributed by atoms with Crippen LogP contribution in [0.25, 0.3) is 54.2 Å². The van der Waals surface area contributed by atoms with Gasteiger partial charge in [-0.1, -0.05) is 283 Å². The summed E-state index contributed by atoms with van der Waals surface area (Å²) >= 11 is 0. The largest absolute Gasteiger partial charge is 0.309 e. The molecular weight excluding hydrogens is 1070 g/mol. The van der Waals surface area contributed by atoms with Crippen molar-refractivity contribution in [2.24, 2.45) is 0 Å². The first-order valence-corrected chi connectivity index (χ1v) is 38.8. The lowest BCUT2D eigenvalue weighted by molar-refractivity contribution is 0.590. The van der Waals surface area contributed by atoms with Crippen LogP contribution in [0.15, 0.2) is 170 Å². The monoisotopic (exact) mass is 1170 g/mol. The van der Waals surface area contributed by atoms with Crippen LogP contribution in [0.2, 0.25) is 39.3 Å². The molecule has 10 aromatic carbocycles. The molecule has 0 N–H and O–H groups in total. The van der Waals surface area contributed by atoms with E-state index in [2.05, 4.69) is 344 Å². The van der Waals surface area contributed by atoms with Gasteiger partial charge in [-0.15, -0.1) is 0 Å². The Balaban J connectivity index is 1.46. The van der Waals surface area contributed by atoms with Crippen molar-refractivity contribution >= 4 is 104 Å². The number of anilines is 6. The second-order valence-corrected chi connectivity index (χ2v) is 43.5. The van der Waals surface area contributed by atoms with E-state index >= 15 is 0 Å². The van der Waals surface area contributed by atoms with Crippen LogP contribution >= 0.6 is 0 Å². The highest BCUT2D eigenvalue weighted by atomic mass is 28.3. The molecule has 4 heteroatoms. The molecule has 0 radical (unpaired) electrons. The average molecular weight is 1170 g/mol. The quantitative estimate of drug-likeness (QED) is 0.105. The summed E-state index contributed by atoms with van der Waals surface area (Å²) in [5, 5.41) is 13.0. The van der Waals surface area contributed by atoms with Crippen molar-refractivity contribution in [3.05, 3.63) is 203 Å². The van der Waals surface area contributed by atoms with Gasteiger partial charge in [-0.05, 0) is 159 Å². The maximum absolute atomic E-state index is 2.64. The van der Waals surface area contributed by atoms with Crippen molar-refractivity contribution in [2.45, 2.75) is 196 Å². The Bertz CT molecular complexity index is 3790. The van der Waals surface area contributed by atoms with Gasteiger partial charge < -0.3 is 9.80 Å². The van der Waals surface area contributed by atoms with Crippen LogP contribution in [-0.2, 0) is 32.5 Å². The van der Waals surface area contributed by atoms with Crippen molar-refractivity contribution in [3.8, 4) is 11.1 Å². The molecule has 0 atom stereocenters. The van der Waals surface area contributed by atoms with Gasteiger partial charge in [-0.25, -0.2) is 0 Å². The minimum absolute atomic E-state index is 0.00218. The molecule has 0 bridgehead atoms. The Kier molecular flexibility index (Phi) is 15.6. The molecule has 0 amide bonds. The zero-order valence-electron chi connectivity index (χ0n) is 57.1. The molecule has 0 fully saturated rings. The van der Waals surface area contributed by atoms with Gasteiger partial charge in [0, 0.05) is 44.3 Å². The van der Waals surface area contributed by atoms with E-state index in [-0.39, 0.29) is 32.5 Å². The van der Waals surface area contributed by atoms with Crippen LogP contribution in [0.3, 0.4) is 0 Å². The van der Waals surface area contributed by atoms with E-state index in [0.29, 0.717) is 0 Å². The minimum atomic E-state index is -1.91. The summed E-state index contributed by atoms with van der Waals surface area (Å²) in [4.78, 5) is 5.20. The van der Waals surface area contributed by atoms with Crippen molar-refractivity contribution in [1.82, 2.24) is 0 Å². The minimum Gasteiger partial charge on any atom is -0.309 e. The third-order valence-electron chi connectivity index (χ3n) is 18.3. The molecule has 0 aromatic heterocycles. The summed E-state index contributed by atoms with van der Waals surface area (Å²) in [5.74, 6) is 0. The number of fused-ring (bicyclic) bond motifs is 4. The highest BCUT2D eigenvalue weighted by molar-refractivity contribution is 6.89. The van der Waals surface area contributed by atoms with Crippen LogP contribution in [0.5, 0.6) is 0 Å². The fraction of sp³-hybridized carbons (Fsp3) is 0.366. The maximum Gasteiger partial charge on any atom is 0.0776 e. The van der Waals surface area contributed by atoms with Gasteiger partial charge in [0.15, 0.2) is 0 Å². The molecule has 0 aliphatic heterocycles. The van der Waals surface area contributed by atoms with Crippen LogP contribution in [0.1, 0.15) is 158 Å². The SMILES string of the molecule is CC(C)(C)c1ccc(N(c2ccc(C(C)(C)C)cc2)c2c3ccc([Si](C)(C)C)cc3c(-c3c4cc(C(C)(C)C)ccc4c(N(c4ccc(C(C)(C)C)cc4)c4ccc(C(C)(C)C)cc4)c4cc([Si](C)(C)C)ccc34)c3ccc(C(C)(C)C)cc23)cc1. The van der Waals surface area contributed by atoms with Crippen molar-refractivity contribution < 1.29 is 0 Å². The Labute approximate surface area is 521 Å². The van der Waals surface area contributed by atoms with Crippen molar-refractivity contribution in [2.75, 3.05) is 9.80 Å². The molecule has 0 aliphatic carbocycles. The molecule has 86 heavy (non-hydrogen) atoms. The number of hydrogen-bond acceptors (Lipinski definition) is 2. The summed E-state index contributed by atoms with van der Waals surface area (Å²) in [6, 6.07) is 68.1. The molecule has 0 saturated heterocycles. The Morgan fingerprint density at radius 2 is 0.442 bits per heavy atom. The van der Waals surface area contributed by atoms with Gasteiger partial charge in [0.05, 0.1) is 27.5 Å². The van der Waals surface area contributed by atoms with E-state index in [9.17, 15) is 0 Å². The highest BCUT2D eigenvalue weighted by Crippen LogP contribution is 2.55. The first-order chi connectivity index (χ1) is 39.7. The second kappa shape index (κ2) is 21.5. The number of rotatable bonds is 9. The van der Waals surface area contributed by atoms with Crippen molar-refractivity contribution in [3.63, 3.8) is 0 Å². The van der Waals surface area contributed by atoms with Gasteiger partial charge in [-0.2, -0.15) is 0 Å². The number of benzene rings is 10. The van der Waals surface area contributed by atoms with Crippen LogP contribution in [-0.4, -0.2) is 16.1 Å². The molecule has 0 heterocycles. The molecule has 10 aromatic rings. The van der Waals surface area contributed by atoms with E-state index in [0.717, 1.165) is 22.7 Å². The summed E-state index contributed by atoms with van der Waals surface area (Å²) < 4.78 is 0. The lowest BCUT2D eigenvalue weighted by atomic mass is 9.79. The highest BCUT2D eigenvalue weighted by Gasteiger charge is 2.32. The van der Waals surface area contributed by atoms with Crippen LogP contribution < -0.4 is 20.2 Å². The predicted molar refractivity (Wildman–Crippen MR) is 389 cm³/mol. The number of hydrogen-bond donors (Lipinski definition) is 0. The van der Waals surface area contributed by atoms with Crippen LogP contribution in [0.4, 0.5) is 34.1 Å². The summed E-state index contributed by atoms with van der Waals surface area (Å²) in [7, 11) is -3.81. The topological polar surface area (TPSA) is 6.48 Å². The standard InChI is InChI=1S/C82H100N2Si2/c1-77(2,3)53-25-35-59(36-26-53)83(60-37-27-54(28-38-60)78(4,5)6)75-68-48-44-63(85(19,20)21)51-70(68)74(65-45-33-58(50-71(65)75)82(16,17)18)73-66-47-43-64(86(22,23)24)52-72(66)76(67-46-34-57(49-69(67)73)81(13,14)15)84(61-39-29-55(30-40-61)79(7,8)9)62-41-31-56(32-42-62)80(10,11)12/h25-52H,1-24H3. The first kappa shape index (κ1) is 62.3. The summed E-state index contributed by atoms with van der Waals surface area (Å²) in [6.45, 7) is 57.1. The van der Waals surface area contributed by atoms with Gasteiger partial charge in [0.25, 0.3) is 0 Å². The molecule has 0 aliphatic rings. The van der Waals surface area contributed by atoms with E-state index in [1.807, 2.05) is 0 Å².